The van der Waals surface area contributed by atoms with E-state index in [0.717, 1.165) is 79.6 Å². The van der Waals surface area contributed by atoms with Gasteiger partial charge in [0.05, 0.1) is 30.5 Å². The zero-order valence-electron chi connectivity index (χ0n) is 21.2. The molecule has 6 nitrogen and oxygen atoms in total. The molecule has 1 aromatic heterocycles. The van der Waals surface area contributed by atoms with Gasteiger partial charge in [0, 0.05) is 64.3 Å². The summed E-state index contributed by atoms with van der Waals surface area (Å²) in [5, 5.41) is 10.2. The van der Waals surface area contributed by atoms with Crippen LogP contribution in [0.15, 0.2) is 34.8 Å². The number of nitrogens with zero attached hydrogens (tertiary/aromatic N) is 3. The van der Waals surface area contributed by atoms with E-state index in [1.165, 1.54) is 16.8 Å². The van der Waals surface area contributed by atoms with E-state index in [4.69, 9.17) is 4.74 Å². The fourth-order valence-electron chi connectivity index (χ4n) is 6.03. The molecule has 0 amide bonds. The van der Waals surface area contributed by atoms with Crippen molar-refractivity contribution in [3.8, 4) is 6.07 Å². The summed E-state index contributed by atoms with van der Waals surface area (Å²) < 4.78 is 6.65. The maximum Gasteiger partial charge on any atom is 0.152 e. The van der Waals surface area contributed by atoms with Gasteiger partial charge in [-0.15, -0.1) is 0 Å². The molecule has 0 atom stereocenters. The standard InChI is InChI=1S/C29H33BrN4O2/c1-19-14-25(30)27(34-8-6-21(7-9-34)33-10-12-36-13-11-33)16-24(19)29(2,3)28-23(18-35)22-5-4-20(17-31)15-26(22)32-28/h4-5,14-16,18,21,32H,6-13H2,1-3H3. The number of morpholine rings is 1. The molecular weight excluding hydrogens is 516 g/mol. The molecular formula is C29H33BrN4O2. The highest BCUT2D eigenvalue weighted by atomic mass is 79.9. The maximum absolute atomic E-state index is 12.2. The van der Waals surface area contributed by atoms with E-state index in [-0.39, 0.29) is 0 Å². The van der Waals surface area contributed by atoms with E-state index >= 15 is 0 Å². The fourth-order valence-corrected chi connectivity index (χ4v) is 6.74. The van der Waals surface area contributed by atoms with Crippen molar-refractivity contribution in [1.82, 2.24) is 9.88 Å². The van der Waals surface area contributed by atoms with E-state index in [2.05, 4.69) is 69.7 Å². The van der Waals surface area contributed by atoms with Crippen LogP contribution in [0.3, 0.4) is 0 Å². The van der Waals surface area contributed by atoms with Crippen LogP contribution in [0.5, 0.6) is 0 Å². The summed E-state index contributed by atoms with van der Waals surface area (Å²) in [5.41, 5.74) is 6.07. The molecule has 0 spiro atoms. The maximum atomic E-state index is 12.2. The molecule has 2 aliphatic rings. The molecule has 188 valence electrons. The second-order valence-electron chi connectivity index (χ2n) is 10.5. The van der Waals surface area contributed by atoms with Crippen LogP contribution < -0.4 is 4.90 Å². The molecule has 3 heterocycles. The molecule has 2 fully saturated rings. The topological polar surface area (TPSA) is 72.4 Å². The van der Waals surface area contributed by atoms with Crippen LogP contribution in [0.2, 0.25) is 0 Å². The van der Waals surface area contributed by atoms with Gasteiger partial charge in [-0.25, -0.2) is 0 Å². The zero-order valence-corrected chi connectivity index (χ0v) is 22.8. The minimum atomic E-state index is -0.437. The average Bonchev–Trinajstić information content (AvgIpc) is 3.28. The molecule has 2 saturated heterocycles. The van der Waals surface area contributed by atoms with Gasteiger partial charge in [0.1, 0.15) is 0 Å². The molecule has 5 rings (SSSR count). The number of benzene rings is 2. The Morgan fingerprint density at radius 2 is 1.86 bits per heavy atom. The summed E-state index contributed by atoms with van der Waals surface area (Å²) in [6, 6.07) is 12.8. The smallest absolute Gasteiger partial charge is 0.152 e. The average molecular weight is 550 g/mol. The van der Waals surface area contributed by atoms with Crippen molar-refractivity contribution in [3.63, 3.8) is 0 Å². The number of H-pyrrole nitrogens is 1. The lowest BCUT2D eigenvalue weighted by atomic mass is 9.77. The van der Waals surface area contributed by atoms with Crippen molar-refractivity contribution in [2.45, 2.75) is 45.1 Å². The number of rotatable bonds is 5. The highest BCUT2D eigenvalue weighted by Gasteiger charge is 2.33. The predicted molar refractivity (Wildman–Crippen MR) is 147 cm³/mol. The van der Waals surface area contributed by atoms with E-state index < -0.39 is 5.41 Å². The Bertz CT molecular complexity index is 1330. The van der Waals surface area contributed by atoms with Crippen molar-refractivity contribution in [2.75, 3.05) is 44.3 Å². The Morgan fingerprint density at radius 1 is 1.14 bits per heavy atom. The number of carbonyl (C=O) groups excluding carboxylic acids is 1. The number of nitrogens with one attached hydrogen (secondary N) is 1. The number of aldehydes is 1. The largest absolute Gasteiger partial charge is 0.379 e. The molecule has 0 bridgehead atoms. The number of anilines is 1. The number of aromatic amines is 1. The van der Waals surface area contributed by atoms with Crippen molar-refractivity contribution in [2.24, 2.45) is 0 Å². The number of carbonyl (C=O) groups is 1. The molecule has 36 heavy (non-hydrogen) atoms. The lowest BCUT2D eigenvalue weighted by Crippen LogP contribution is -2.49. The van der Waals surface area contributed by atoms with Gasteiger partial charge in [-0.05, 0) is 71.1 Å². The van der Waals surface area contributed by atoms with Gasteiger partial charge in [-0.1, -0.05) is 19.9 Å². The number of nitriles is 1. The highest BCUT2D eigenvalue weighted by molar-refractivity contribution is 9.10. The second-order valence-corrected chi connectivity index (χ2v) is 11.4. The molecule has 0 radical (unpaired) electrons. The second kappa shape index (κ2) is 10.0. The Labute approximate surface area is 221 Å². The number of ether oxygens (including phenoxy) is 1. The predicted octanol–water partition coefficient (Wildman–Crippen LogP) is 5.55. The van der Waals surface area contributed by atoms with Crippen molar-refractivity contribution in [3.05, 3.63) is 62.8 Å². The van der Waals surface area contributed by atoms with Crippen LogP contribution >= 0.6 is 15.9 Å². The Hall–Kier alpha value is -2.66. The number of hydrogen-bond acceptors (Lipinski definition) is 5. The molecule has 2 aliphatic heterocycles. The first-order chi connectivity index (χ1) is 17.3. The minimum absolute atomic E-state index is 0.437. The van der Waals surface area contributed by atoms with Gasteiger partial charge in [0.15, 0.2) is 6.29 Å². The zero-order chi connectivity index (χ0) is 25.4. The van der Waals surface area contributed by atoms with Crippen LogP contribution in [0.1, 0.15) is 59.4 Å². The van der Waals surface area contributed by atoms with Crippen LogP contribution in [-0.4, -0.2) is 61.6 Å². The molecule has 1 N–H and O–H groups in total. The summed E-state index contributed by atoms with van der Waals surface area (Å²) >= 11 is 3.84. The SMILES string of the molecule is Cc1cc(Br)c(N2CCC(N3CCOCC3)CC2)cc1C(C)(C)c1[nH]c2cc(C#N)ccc2c1C=O. The number of halogens is 1. The molecule has 2 aromatic carbocycles. The fraction of sp³-hybridized carbons (Fsp3) is 0.448. The summed E-state index contributed by atoms with van der Waals surface area (Å²) in [6.45, 7) is 12.3. The highest BCUT2D eigenvalue weighted by Crippen LogP contribution is 2.41. The Morgan fingerprint density at radius 3 is 2.53 bits per heavy atom. The van der Waals surface area contributed by atoms with Gasteiger partial charge in [-0.3, -0.25) is 9.69 Å². The molecule has 0 unspecified atom stereocenters. The van der Waals surface area contributed by atoms with E-state index in [0.29, 0.717) is 17.2 Å². The van der Waals surface area contributed by atoms with Gasteiger partial charge >= 0.3 is 0 Å². The Balaban J connectivity index is 1.47. The van der Waals surface area contributed by atoms with Gasteiger partial charge in [-0.2, -0.15) is 5.26 Å². The van der Waals surface area contributed by atoms with Crippen LogP contribution in [0.4, 0.5) is 5.69 Å². The summed E-state index contributed by atoms with van der Waals surface area (Å²) in [6.07, 6.45) is 3.24. The van der Waals surface area contributed by atoms with Crippen LogP contribution in [-0.2, 0) is 10.2 Å². The number of piperidine rings is 1. The van der Waals surface area contributed by atoms with Gasteiger partial charge in [0.25, 0.3) is 0 Å². The first-order valence-corrected chi connectivity index (χ1v) is 13.5. The van der Waals surface area contributed by atoms with Gasteiger partial charge in [0.2, 0.25) is 0 Å². The molecule has 0 saturated carbocycles. The molecule has 0 aliphatic carbocycles. The number of fused-ring (bicyclic) bond motifs is 1. The number of hydrogen-bond donors (Lipinski definition) is 1. The van der Waals surface area contributed by atoms with E-state index in [9.17, 15) is 10.1 Å². The lowest BCUT2D eigenvalue weighted by molar-refractivity contribution is 0.0115. The molecule has 7 heteroatoms. The third-order valence-corrected chi connectivity index (χ3v) is 8.68. The number of aromatic nitrogens is 1. The van der Waals surface area contributed by atoms with Gasteiger partial charge < -0.3 is 14.6 Å². The quantitative estimate of drug-likeness (QED) is 0.423. The van der Waals surface area contributed by atoms with Crippen molar-refractivity contribution in [1.29, 1.82) is 5.26 Å². The van der Waals surface area contributed by atoms with E-state index in [1.807, 2.05) is 12.1 Å². The molecule has 3 aromatic rings. The minimum Gasteiger partial charge on any atom is -0.379 e. The number of aryl methyl sites for hydroxylation is 1. The first kappa shape index (κ1) is 25.0. The monoisotopic (exact) mass is 548 g/mol. The van der Waals surface area contributed by atoms with Crippen LogP contribution in [0.25, 0.3) is 10.9 Å². The summed E-state index contributed by atoms with van der Waals surface area (Å²) in [5.74, 6) is 0. The van der Waals surface area contributed by atoms with Crippen molar-refractivity contribution >= 4 is 38.8 Å². The first-order valence-electron chi connectivity index (χ1n) is 12.7. The summed E-state index contributed by atoms with van der Waals surface area (Å²) in [7, 11) is 0. The lowest BCUT2D eigenvalue weighted by Gasteiger charge is -2.41. The summed E-state index contributed by atoms with van der Waals surface area (Å²) in [4.78, 5) is 20.8. The third-order valence-electron chi connectivity index (χ3n) is 8.05. The van der Waals surface area contributed by atoms with Crippen molar-refractivity contribution < 1.29 is 9.53 Å². The Kier molecular flexibility index (Phi) is 6.95. The normalized spacial score (nSPS) is 17.9. The van der Waals surface area contributed by atoms with Crippen LogP contribution in [0, 0.1) is 18.3 Å². The van der Waals surface area contributed by atoms with E-state index in [1.54, 1.807) is 6.07 Å². The third kappa shape index (κ3) is 4.47.